The van der Waals surface area contributed by atoms with Crippen molar-refractivity contribution in [3.63, 3.8) is 0 Å². The minimum Gasteiger partial charge on any atom is -0.497 e. The minimum absolute atomic E-state index is 0.00532. The molecular weight excluding hydrogens is 544 g/mol. The van der Waals surface area contributed by atoms with Crippen molar-refractivity contribution in [1.29, 1.82) is 0 Å². The van der Waals surface area contributed by atoms with Gasteiger partial charge < -0.3 is 20.1 Å². The Balaban J connectivity index is 1.52. The summed E-state index contributed by atoms with van der Waals surface area (Å²) in [5, 5.41) is 7.85. The maximum atomic E-state index is 13.2. The van der Waals surface area contributed by atoms with Gasteiger partial charge >= 0.3 is 6.09 Å². The molecule has 0 saturated carbocycles. The second-order valence-corrected chi connectivity index (χ2v) is 11.6. The standard InChI is InChI=1S/C31H41ClN4O5/c1-21-13-14-36(34-19-22-8-6-10-26(16-22)40-5)29(38)27(21)18-28(37)33-20-24-17-25(32)12-11-23(24)9-7-15-41-30(39)35-31(2,3)4/h6,8,10-12,16-17,34H,7,9,13-15,18-20H2,1-5H3,(H,33,37)(H,35,39). The summed E-state index contributed by atoms with van der Waals surface area (Å²) >= 11 is 6.24. The van der Waals surface area contributed by atoms with Crippen molar-refractivity contribution in [1.82, 2.24) is 21.1 Å². The number of hydrazine groups is 1. The average molecular weight is 585 g/mol. The van der Waals surface area contributed by atoms with Gasteiger partial charge in [-0.1, -0.05) is 35.4 Å². The number of carbonyl (C=O) groups is 3. The minimum atomic E-state index is -0.447. The number of nitrogens with zero attached hydrogens (tertiary/aromatic N) is 1. The van der Waals surface area contributed by atoms with E-state index in [1.807, 2.05) is 64.1 Å². The van der Waals surface area contributed by atoms with Crippen molar-refractivity contribution in [2.45, 2.75) is 72.0 Å². The van der Waals surface area contributed by atoms with Crippen LogP contribution >= 0.6 is 11.6 Å². The van der Waals surface area contributed by atoms with Crippen LogP contribution in [0.3, 0.4) is 0 Å². The lowest BCUT2D eigenvalue weighted by Gasteiger charge is -2.30. The van der Waals surface area contributed by atoms with Crippen LogP contribution in [0.4, 0.5) is 4.79 Å². The van der Waals surface area contributed by atoms with Crippen LogP contribution in [0.15, 0.2) is 53.6 Å². The smallest absolute Gasteiger partial charge is 0.407 e. The van der Waals surface area contributed by atoms with Crippen molar-refractivity contribution in [3.8, 4) is 5.75 Å². The normalized spacial score (nSPS) is 13.7. The largest absolute Gasteiger partial charge is 0.497 e. The van der Waals surface area contributed by atoms with Crippen LogP contribution in [0.25, 0.3) is 0 Å². The third-order valence-electron chi connectivity index (χ3n) is 6.62. The van der Waals surface area contributed by atoms with Crippen LogP contribution in [-0.4, -0.2) is 48.7 Å². The molecule has 2 aromatic rings. The molecule has 3 rings (SSSR count). The number of alkyl carbamates (subject to hydrolysis) is 1. The van der Waals surface area contributed by atoms with E-state index in [-0.39, 0.29) is 36.9 Å². The molecule has 3 amide bonds. The van der Waals surface area contributed by atoms with Crippen molar-refractivity contribution < 1.29 is 23.9 Å². The van der Waals surface area contributed by atoms with Gasteiger partial charge in [0.05, 0.1) is 20.1 Å². The summed E-state index contributed by atoms with van der Waals surface area (Å²) < 4.78 is 10.5. The number of benzene rings is 2. The number of carbonyl (C=O) groups excluding carboxylic acids is 3. The van der Waals surface area contributed by atoms with Gasteiger partial charge in [0.2, 0.25) is 5.91 Å². The zero-order valence-electron chi connectivity index (χ0n) is 24.6. The van der Waals surface area contributed by atoms with E-state index in [0.717, 1.165) is 28.0 Å². The molecule has 222 valence electrons. The summed E-state index contributed by atoms with van der Waals surface area (Å²) in [7, 11) is 1.62. The lowest BCUT2D eigenvalue weighted by atomic mass is 9.98. The second-order valence-electron chi connectivity index (χ2n) is 11.1. The zero-order valence-corrected chi connectivity index (χ0v) is 25.3. The fourth-order valence-corrected chi connectivity index (χ4v) is 4.61. The van der Waals surface area contributed by atoms with E-state index in [9.17, 15) is 14.4 Å². The van der Waals surface area contributed by atoms with Crippen LogP contribution in [-0.2, 0) is 33.8 Å². The van der Waals surface area contributed by atoms with Crippen LogP contribution in [0.5, 0.6) is 5.75 Å². The van der Waals surface area contributed by atoms with Crippen molar-refractivity contribution in [2.24, 2.45) is 0 Å². The third-order valence-corrected chi connectivity index (χ3v) is 6.85. The van der Waals surface area contributed by atoms with Gasteiger partial charge in [0.1, 0.15) is 5.75 Å². The van der Waals surface area contributed by atoms with Crippen LogP contribution in [0, 0.1) is 0 Å². The summed E-state index contributed by atoms with van der Waals surface area (Å²) in [6.07, 6.45) is 1.51. The van der Waals surface area contributed by atoms with Gasteiger partial charge in [0.15, 0.2) is 0 Å². The number of amides is 3. The Labute approximate surface area is 247 Å². The number of hydrogen-bond acceptors (Lipinski definition) is 6. The van der Waals surface area contributed by atoms with Crippen LogP contribution < -0.4 is 20.8 Å². The topological polar surface area (TPSA) is 109 Å². The molecule has 0 bridgehead atoms. The molecule has 0 atom stereocenters. The van der Waals surface area contributed by atoms with E-state index in [4.69, 9.17) is 21.1 Å². The molecule has 2 aromatic carbocycles. The number of nitrogens with one attached hydrogen (secondary N) is 3. The van der Waals surface area contributed by atoms with Crippen molar-refractivity contribution >= 4 is 29.5 Å². The average Bonchev–Trinajstić information content (AvgIpc) is 2.91. The quantitative estimate of drug-likeness (QED) is 0.301. The SMILES string of the molecule is COc1cccc(CNN2CCC(C)=C(CC(=O)NCc3cc(Cl)ccc3CCCOC(=O)NC(C)(C)C)C2=O)c1. The highest BCUT2D eigenvalue weighted by Crippen LogP contribution is 2.22. The molecule has 41 heavy (non-hydrogen) atoms. The Morgan fingerprint density at radius 2 is 1.85 bits per heavy atom. The van der Waals surface area contributed by atoms with Crippen molar-refractivity contribution in [2.75, 3.05) is 20.3 Å². The number of halogens is 1. The van der Waals surface area contributed by atoms with E-state index < -0.39 is 6.09 Å². The first-order chi connectivity index (χ1) is 19.4. The molecule has 10 heteroatoms. The molecule has 0 radical (unpaired) electrons. The molecule has 0 saturated heterocycles. The molecule has 0 spiro atoms. The number of rotatable bonds is 12. The van der Waals surface area contributed by atoms with E-state index >= 15 is 0 Å². The Morgan fingerprint density at radius 1 is 1.07 bits per heavy atom. The highest BCUT2D eigenvalue weighted by molar-refractivity contribution is 6.30. The maximum Gasteiger partial charge on any atom is 0.407 e. The number of ether oxygens (including phenoxy) is 2. The second kappa shape index (κ2) is 14.9. The first-order valence-electron chi connectivity index (χ1n) is 13.8. The number of aryl methyl sites for hydroxylation is 1. The number of hydrogen-bond donors (Lipinski definition) is 3. The summed E-state index contributed by atoms with van der Waals surface area (Å²) in [6.45, 7) is 9.12. The third kappa shape index (κ3) is 10.4. The van der Waals surface area contributed by atoms with E-state index in [1.54, 1.807) is 18.2 Å². The van der Waals surface area contributed by atoms with Gasteiger partial charge in [-0.15, -0.1) is 0 Å². The fraction of sp³-hybridized carbons (Fsp3) is 0.452. The molecule has 1 aliphatic heterocycles. The first kappa shape index (κ1) is 32.0. The van der Waals surface area contributed by atoms with Gasteiger partial charge in [0, 0.05) is 35.8 Å². The maximum absolute atomic E-state index is 13.2. The molecule has 0 aromatic heterocycles. The molecule has 1 aliphatic rings. The lowest BCUT2D eigenvalue weighted by molar-refractivity contribution is -0.132. The highest BCUT2D eigenvalue weighted by atomic mass is 35.5. The zero-order chi connectivity index (χ0) is 30.0. The van der Waals surface area contributed by atoms with E-state index in [0.29, 0.717) is 42.9 Å². The number of methoxy groups -OCH3 is 1. The molecule has 1 heterocycles. The first-order valence-corrected chi connectivity index (χ1v) is 14.2. The summed E-state index contributed by atoms with van der Waals surface area (Å²) in [4.78, 5) is 38.0. The fourth-order valence-electron chi connectivity index (χ4n) is 4.41. The van der Waals surface area contributed by atoms with Gasteiger partial charge in [-0.25, -0.2) is 10.2 Å². The lowest BCUT2D eigenvalue weighted by Crippen LogP contribution is -2.46. The Morgan fingerprint density at radius 3 is 2.59 bits per heavy atom. The van der Waals surface area contributed by atoms with E-state index in [2.05, 4.69) is 16.1 Å². The van der Waals surface area contributed by atoms with E-state index in [1.165, 1.54) is 0 Å². The molecular formula is C31H41ClN4O5. The Bertz CT molecular complexity index is 1270. The van der Waals surface area contributed by atoms with Gasteiger partial charge in [-0.3, -0.25) is 14.6 Å². The molecule has 9 nitrogen and oxygen atoms in total. The van der Waals surface area contributed by atoms with Gasteiger partial charge in [-0.2, -0.15) is 0 Å². The van der Waals surface area contributed by atoms with Crippen LogP contribution in [0.2, 0.25) is 5.02 Å². The molecule has 0 fully saturated rings. The van der Waals surface area contributed by atoms with Crippen LogP contribution in [0.1, 0.15) is 63.6 Å². The monoisotopic (exact) mass is 584 g/mol. The van der Waals surface area contributed by atoms with Crippen molar-refractivity contribution in [3.05, 3.63) is 75.3 Å². The molecule has 0 aliphatic carbocycles. The highest BCUT2D eigenvalue weighted by Gasteiger charge is 2.27. The molecule has 3 N–H and O–H groups in total. The van der Waals surface area contributed by atoms with Gasteiger partial charge in [0.25, 0.3) is 5.91 Å². The summed E-state index contributed by atoms with van der Waals surface area (Å²) in [5.74, 6) is 0.322. The Kier molecular flexibility index (Phi) is 11.6. The summed E-state index contributed by atoms with van der Waals surface area (Å²) in [5.41, 5.74) is 7.13. The predicted octanol–water partition coefficient (Wildman–Crippen LogP) is 5.07. The Hall–Kier alpha value is -3.56. The summed E-state index contributed by atoms with van der Waals surface area (Å²) in [6, 6.07) is 13.2. The molecule has 0 unspecified atom stereocenters. The van der Waals surface area contributed by atoms with Gasteiger partial charge in [-0.05, 0) is 87.9 Å². The predicted molar refractivity (Wildman–Crippen MR) is 159 cm³/mol.